The maximum atomic E-state index is 10.8. The van der Waals surface area contributed by atoms with E-state index in [1.54, 1.807) is 0 Å². The van der Waals surface area contributed by atoms with Gasteiger partial charge in [0.05, 0.1) is 19.1 Å². The van der Waals surface area contributed by atoms with Crippen LogP contribution < -0.4 is 22.1 Å². The lowest BCUT2D eigenvalue weighted by atomic mass is 10.2. The van der Waals surface area contributed by atoms with Crippen LogP contribution in [0.2, 0.25) is 0 Å². The highest BCUT2D eigenvalue weighted by Crippen LogP contribution is 1.88. The number of primary amides is 2. The number of rotatable bonds is 9. The molecule has 0 heterocycles. The Bertz CT molecular complexity index is 210. The Morgan fingerprint density at radius 1 is 1.20 bits per heavy atom. The van der Waals surface area contributed by atoms with Crippen LogP contribution in [0, 0.1) is 0 Å². The summed E-state index contributed by atoms with van der Waals surface area (Å²) < 4.78 is 0. The molecule has 0 radical (unpaired) electrons. The van der Waals surface area contributed by atoms with Crippen molar-refractivity contribution in [3.8, 4) is 0 Å². The zero-order chi connectivity index (χ0) is 11.7. The van der Waals surface area contributed by atoms with E-state index in [4.69, 9.17) is 16.6 Å². The average Bonchev–Trinajstić information content (AvgIpc) is 2.15. The molecule has 0 aromatic heterocycles. The summed E-state index contributed by atoms with van der Waals surface area (Å²) in [4.78, 5) is 21.4. The van der Waals surface area contributed by atoms with Gasteiger partial charge in [-0.05, 0) is 0 Å². The molecule has 7 nitrogen and oxygen atoms in total. The highest BCUT2D eigenvalue weighted by Gasteiger charge is 2.16. The van der Waals surface area contributed by atoms with E-state index < -0.39 is 17.9 Å². The third-order valence-electron chi connectivity index (χ3n) is 1.73. The lowest BCUT2D eigenvalue weighted by molar-refractivity contribution is -0.125. The van der Waals surface area contributed by atoms with Crippen LogP contribution in [0.15, 0.2) is 0 Å². The molecule has 0 rings (SSSR count). The van der Waals surface area contributed by atoms with Crippen molar-refractivity contribution < 1.29 is 14.7 Å². The van der Waals surface area contributed by atoms with Crippen molar-refractivity contribution in [1.82, 2.24) is 10.6 Å². The van der Waals surface area contributed by atoms with Gasteiger partial charge in [0, 0.05) is 19.6 Å². The predicted octanol–water partition coefficient (Wildman–Crippen LogP) is -3.11. The molecule has 0 aliphatic carbocycles. The van der Waals surface area contributed by atoms with E-state index in [1.165, 1.54) is 0 Å². The Hall–Kier alpha value is -1.18. The van der Waals surface area contributed by atoms with Crippen LogP contribution in [0.1, 0.15) is 6.42 Å². The highest BCUT2D eigenvalue weighted by molar-refractivity contribution is 5.86. The number of aliphatic hydroxyl groups is 1. The Morgan fingerprint density at radius 2 is 1.87 bits per heavy atom. The van der Waals surface area contributed by atoms with Crippen LogP contribution in [0.4, 0.5) is 0 Å². The first-order chi connectivity index (χ1) is 7.07. The smallest absolute Gasteiger partial charge is 0.235 e. The first-order valence-corrected chi connectivity index (χ1v) is 4.70. The number of nitrogens with two attached hydrogens (primary N) is 2. The van der Waals surface area contributed by atoms with Gasteiger partial charge in [-0.3, -0.25) is 9.59 Å². The maximum absolute atomic E-state index is 10.8. The van der Waals surface area contributed by atoms with Gasteiger partial charge in [0.25, 0.3) is 0 Å². The van der Waals surface area contributed by atoms with E-state index in [9.17, 15) is 9.59 Å². The molecule has 7 N–H and O–H groups in total. The van der Waals surface area contributed by atoms with Crippen molar-refractivity contribution in [2.45, 2.75) is 12.5 Å². The minimum atomic E-state index is -0.724. The molecular formula is C8H18N4O3. The fourth-order valence-electron chi connectivity index (χ4n) is 1.01. The fourth-order valence-corrected chi connectivity index (χ4v) is 1.01. The Kier molecular flexibility index (Phi) is 7.51. The van der Waals surface area contributed by atoms with Gasteiger partial charge < -0.3 is 27.2 Å². The number of aliphatic hydroxyl groups excluding tert-OH is 1. The molecule has 0 unspecified atom stereocenters. The average molecular weight is 218 g/mol. The van der Waals surface area contributed by atoms with Crippen LogP contribution in [-0.2, 0) is 9.59 Å². The van der Waals surface area contributed by atoms with Gasteiger partial charge in [0.2, 0.25) is 11.8 Å². The summed E-state index contributed by atoms with van der Waals surface area (Å²) in [7, 11) is 0. The van der Waals surface area contributed by atoms with Crippen LogP contribution >= 0.6 is 0 Å². The van der Waals surface area contributed by atoms with Gasteiger partial charge in [-0.25, -0.2) is 0 Å². The molecule has 0 aliphatic heterocycles. The summed E-state index contributed by atoms with van der Waals surface area (Å²) in [6.07, 6.45) is -0.102. The molecule has 0 fully saturated rings. The summed E-state index contributed by atoms with van der Waals surface area (Å²) in [6, 6.07) is -0.724. The number of nitrogens with one attached hydrogen (secondary N) is 2. The van der Waals surface area contributed by atoms with Crippen LogP contribution in [0.25, 0.3) is 0 Å². The van der Waals surface area contributed by atoms with Gasteiger partial charge in [-0.1, -0.05) is 0 Å². The largest absolute Gasteiger partial charge is 0.395 e. The molecule has 7 heteroatoms. The third kappa shape index (κ3) is 7.86. The standard InChI is InChI=1S/C8H18N4O3/c9-7(14)5-6(8(10)15)12-2-1-11-3-4-13/h6,11-13H,1-5H2,(H2,9,14)(H2,10,15)/t6-/m0/s1. The molecule has 0 aromatic rings. The van der Waals surface area contributed by atoms with Gasteiger partial charge in [0.15, 0.2) is 0 Å². The molecule has 0 saturated carbocycles. The Labute approximate surface area is 88.2 Å². The predicted molar refractivity (Wildman–Crippen MR) is 54.8 cm³/mol. The van der Waals surface area contributed by atoms with Crippen LogP contribution in [0.3, 0.4) is 0 Å². The topological polar surface area (TPSA) is 130 Å². The lowest BCUT2D eigenvalue weighted by Gasteiger charge is -2.13. The number of hydrogen-bond acceptors (Lipinski definition) is 5. The molecule has 0 saturated heterocycles. The second-order valence-electron chi connectivity index (χ2n) is 3.05. The normalized spacial score (nSPS) is 12.3. The number of carbonyl (C=O) groups excluding carboxylic acids is 2. The summed E-state index contributed by atoms with van der Waals surface area (Å²) in [5, 5.41) is 14.2. The second kappa shape index (κ2) is 8.16. The molecule has 1 atom stereocenters. The van der Waals surface area contributed by atoms with Gasteiger partial charge in [0.1, 0.15) is 0 Å². The number of hydrogen-bond donors (Lipinski definition) is 5. The monoisotopic (exact) mass is 218 g/mol. The second-order valence-corrected chi connectivity index (χ2v) is 3.05. The fraction of sp³-hybridized carbons (Fsp3) is 0.750. The van der Waals surface area contributed by atoms with E-state index in [1.807, 2.05) is 0 Å². The maximum Gasteiger partial charge on any atom is 0.235 e. The van der Waals surface area contributed by atoms with Crippen molar-refractivity contribution in [3.63, 3.8) is 0 Å². The molecule has 0 aliphatic rings. The van der Waals surface area contributed by atoms with E-state index >= 15 is 0 Å². The molecule has 15 heavy (non-hydrogen) atoms. The molecule has 88 valence electrons. The Balaban J connectivity index is 3.67. The van der Waals surface area contributed by atoms with E-state index in [2.05, 4.69) is 10.6 Å². The lowest BCUT2D eigenvalue weighted by Crippen LogP contribution is -2.46. The van der Waals surface area contributed by atoms with Crippen molar-refractivity contribution in [2.75, 3.05) is 26.2 Å². The highest BCUT2D eigenvalue weighted by atomic mass is 16.3. The molecule has 0 aromatic carbocycles. The zero-order valence-electron chi connectivity index (χ0n) is 8.53. The van der Waals surface area contributed by atoms with Gasteiger partial charge in [-0.2, -0.15) is 0 Å². The molecular weight excluding hydrogens is 200 g/mol. The van der Waals surface area contributed by atoms with Crippen LogP contribution in [-0.4, -0.2) is 49.2 Å². The first-order valence-electron chi connectivity index (χ1n) is 4.70. The SMILES string of the molecule is NC(=O)C[C@H](NCCNCCO)C(N)=O. The molecule has 2 amide bonds. The third-order valence-corrected chi connectivity index (χ3v) is 1.73. The van der Waals surface area contributed by atoms with Crippen molar-refractivity contribution >= 4 is 11.8 Å². The van der Waals surface area contributed by atoms with Crippen molar-refractivity contribution in [1.29, 1.82) is 0 Å². The minimum absolute atomic E-state index is 0.0561. The van der Waals surface area contributed by atoms with Crippen molar-refractivity contribution in [3.05, 3.63) is 0 Å². The Morgan fingerprint density at radius 3 is 2.33 bits per heavy atom. The molecule has 0 spiro atoms. The summed E-state index contributed by atoms with van der Waals surface area (Å²) in [5.41, 5.74) is 10.0. The van der Waals surface area contributed by atoms with E-state index in [0.29, 0.717) is 19.6 Å². The van der Waals surface area contributed by atoms with Gasteiger partial charge in [-0.15, -0.1) is 0 Å². The van der Waals surface area contributed by atoms with E-state index in [0.717, 1.165) is 0 Å². The minimum Gasteiger partial charge on any atom is -0.395 e. The summed E-state index contributed by atoms with van der Waals surface area (Å²) in [6.45, 7) is 1.59. The van der Waals surface area contributed by atoms with E-state index in [-0.39, 0.29) is 13.0 Å². The number of amides is 2. The zero-order valence-corrected chi connectivity index (χ0v) is 8.53. The summed E-state index contributed by atoms with van der Waals surface area (Å²) >= 11 is 0. The first kappa shape index (κ1) is 13.8. The van der Waals surface area contributed by atoms with Crippen LogP contribution in [0.5, 0.6) is 0 Å². The number of carbonyl (C=O) groups is 2. The summed E-state index contributed by atoms with van der Waals surface area (Å²) in [5.74, 6) is -1.18. The van der Waals surface area contributed by atoms with Crippen molar-refractivity contribution in [2.24, 2.45) is 11.5 Å². The quantitative estimate of drug-likeness (QED) is 0.261. The molecule has 0 bridgehead atoms. The van der Waals surface area contributed by atoms with Gasteiger partial charge >= 0.3 is 0 Å².